The van der Waals surface area contributed by atoms with Gasteiger partial charge in [0.1, 0.15) is 5.75 Å². The third-order valence-electron chi connectivity index (χ3n) is 3.23. The Labute approximate surface area is 152 Å². The highest BCUT2D eigenvalue weighted by atomic mass is 79.9. The number of carbonyl (C=O) groups excluding carboxylic acids is 1. The highest BCUT2D eigenvalue weighted by Gasteiger charge is 2.08. The van der Waals surface area contributed by atoms with Crippen LogP contribution >= 0.6 is 15.9 Å². The van der Waals surface area contributed by atoms with Gasteiger partial charge in [-0.25, -0.2) is 4.99 Å². The van der Waals surface area contributed by atoms with Gasteiger partial charge in [-0.2, -0.15) is 0 Å². The van der Waals surface area contributed by atoms with E-state index in [1.54, 1.807) is 26.1 Å². The lowest BCUT2D eigenvalue weighted by Crippen LogP contribution is -2.44. The fourth-order valence-corrected chi connectivity index (χ4v) is 2.24. The number of methoxy groups -OCH3 is 1. The van der Waals surface area contributed by atoms with Crippen molar-refractivity contribution in [1.29, 1.82) is 0 Å². The Balaban J connectivity index is 2.82. The topological polar surface area (TPSA) is 66.0 Å². The molecule has 0 spiro atoms. The van der Waals surface area contributed by atoms with Crippen molar-refractivity contribution in [2.45, 2.75) is 20.4 Å². The number of hydrogen-bond donors (Lipinski definition) is 2. The molecule has 0 aliphatic rings. The van der Waals surface area contributed by atoms with Gasteiger partial charge in [0, 0.05) is 30.7 Å². The molecule has 0 saturated carbocycles. The molecule has 0 fully saturated rings. The molecule has 0 bridgehead atoms. The number of nitrogens with one attached hydrogen (secondary N) is 2. The van der Waals surface area contributed by atoms with E-state index in [4.69, 9.17) is 4.74 Å². The Morgan fingerprint density at radius 3 is 2.62 bits per heavy atom. The Kier molecular flexibility index (Phi) is 8.60. The molecule has 6 nitrogen and oxygen atoms in total. The Hall–Kier alpha value is -1.76. The molecular formula is C17H27BrN4O2. The van der Waals surface area contributed by atoms with E-state index in [0.29, 0.717) is 18.4 Å². The van der Waals surface area contributed by atoms with Gasteiger partial charge in [-0.1, -0.05) is 29.8 Å². The van der Waals surface area contributed by atoms with Crippen LogP contribution < -0.4 is 15.4 Å². The predicted molar refractivity (Wildman–Crippen MR) is 101 cm³/mol. The highest BCUT2D eigenvalue weighted by Crippen LogP contribution is 2.23. The van der Waals surface area contributed by atoms with Crippen LogP contribution in [0.5, 0.6) is 5.75 Å². The van der Waals surface area contributed by atoms with Crippen LogP contribution in [0.1, 0.15) is 19.4 Å². The fourth-order valence-electron chi connectivity index (χ4n) is 1.83. The maximum Gasteiger partial charge on any atom is 0.241 e. The second-order valence-corrected chi connectivity index (χ2v) is 6.95. The van der Waals surface area contributed by atoms with Crippen molar-refractivity contribution >= 4 is 27.8 Å². The first-order chi connectivity index (χ1) is 11.3. The first-order valence-corrected chi connectivity index (χ1v) is 8.67. The molecule has 0 aliphatic heterocycles. The van der Waals surface area contributed by atoms with Crippen molar-refractivity contribution in [3.8, 4) is 5.75 Å². The van der Waals surface area contributed by atoms with Gasteiger partial charge in [-0.3, -0.25) is 4.79 Å². The SMILES string of the molecule is COc1ccc(Br)cc1CN=C(NCC(=O)N(C)C)NCC(C)C. The summed E-state index contributed by atoms with van der Waals surface area (Å²) in [5.74, 6) is 1.87. The lowest BCUT2D eigenvalue weighted by atomic mass is 10.2. The third-order valence-corrected chi connectivity index (χ3v) is 3.73. The second-order valence-electron chi connectivity index (χ2n) is 6.04. The minimum absolute atomic E-state index is 0.00548. The van der Waals surface area contributed by atoms with E-state index in [1.165, 1.54) is 0 Å². The van der Waals surface area contributed by atoms with Gasteiger partial charge in [0.15, 0.2) is 5.96 Å². The molecule has 0 radical (unpaired) electrons. The van der Waals surface area contributed by atoms with E-state index in [1.807, 2.05) is 18.2 Å². The standard InChI is InChI=1S/C17H27BrN4O2/c1-12(2)9-19-17(21-11-16(23)22(3)4)20-10-13-8-14(18)6-7-15(13)24-5/h6-8,12H,9-11H2,1-5H3,(H2,19,20,21). The van der Waals surface area contributed by atoms with Crippen molar-refractivity contribution in [2.24, 2.45) is 10.9 Å². The highest BCUT2D eigenvalue weighted by molar-refractivity contribution is 9.10. The number of likely N-dealkylation sites (N-methyl/N-ethyl adjacent to an activating group) is 1. The largest absolute Gasteiger partial charge is 0.496 e. The summed E-state index contributed by atoms with van der Waals surface area (Å²) in [6.07, 6.45) is 0. The smallest absolute Gasteiger partial charge is 0.241 e. The predicted octanol–water partition coefficient (Wildman–Crippen LogP) is 2.24. The summed E-state index contributed by atoms with van der Waals surface area (Å²) in [4.78, 5) is 17.9. The van der Waals surface area contributed by atoms with Gasteiger partial charge >= 0.3 is 0 Å². The number of amides is 1. The Morgan fingerprint density at radius 1 is 1.33 bits per heavy atom. The Morgan fingerprint density at radius 2 is 2.04 bits per heavy atom. The average molecular weight is 399 g/mol. The first-order valence-electron chi connectivity index (χ1n) is 7.88. The summed E-state index contributed by atoms with van der Waals surface area (Å²) < 4.78 is 6.34. The molecule has 1 aromatic carbocycles. The van der Waals surface area contributed by atoms with Crippen LogP contribution in [-0.2, 0) is 11.3 Å². The molecule has 1 aromatic rings. The van der Waals surface area contributed by atoms with E-state index in [-0.39, 0.29) is 12.5 Å². The molecule has 0 aromatic heterocycles. The summed E-state index contributed by atoms with van der Waals surface area (Å²) in [5.41, 5.74) is 0.969. The monoisotopic (exact) mass is 398 g/mol. The quantitative estimate of drug-likeness (QED) is 0.545. The third kappa shape index (κ3) is 7.21. The molecule has 2 N–H and O–H groups in total. The molecule has 134 valence electrons. The number of hydrogen-bond acceptors (Lipinski definition) is 3. The lowest BCUT2D eigenvalue weighted by molar-refractivity contribution is -0.127. The lowest BCUT2D eigenvalue weighted by Gasteiger charge is -2.16. The average Bonchev–Trinajstić information content (AvgIpc) is 2.53. The molecule has 0 atom stereocenters. The van der Waals surface area contributed by atoms with Crippen molar-refractivity contribution in [1.82, 2.24) is 15.5 Å². The maximum atomic E-state index is 11.8. The van der Waals surface area contributed by atoms with Crippen LogP contribution in [0.15, 0.2) is 27.7 Å². The van der Waals surface area contributed by atoms with Crippen LogP contribution in [0.3, 0.4) is 0 Å². The zero-order valence-corrected chi connectivity index (χ0v) is 16.6. The van der Waals surface area contributed by atoms with Gasteiger partial charge in [0.05, 0.1) is 20.2 Å². The van der Waals surface area contributed by atoms with Crippen molar-refractivity contribution < 1.29 is 9.53 Å². The van der Waals surface area contributed by atoms with Crippen LogP contribution in [0.25, 0.3) is 0 Å². The zero-order chi connectivity index (χ0) is 18.1. The summed E-state index contributed by atoms with van der Waals surface area (Å²) in [5, 5.41) is 6.33. The maximum absolute atomic E-state index is 11.8. The molecule has 7 heteroatoms. The summed E-state index contributed by atoms with van der Waals surface area (Å²) >= 11 is 3.46. The van der Waals surface area contributed by atoms with Gasteiger partial charge in [0.25, 0.3) is 0 Å². The van der Waals surface area contributed by atoms with E-state index in [0.717, 1.165) is 22.3 Å². The number of rotatable bonds is 7. The number of benzene rings is 1. The molecule has 0 aliphatic carbocycles. The second kappa shape index (κ2) is 10.2. The summed E-state index contributed by atoms with van der Waals surface area (Å²) in [6, 6.07) is 5.81. The number of ether oxygens (including phenoxy) is 1. The summed E-state index contributed by atoms with van der Waals surface area (Å²) in [7, 11) is 5.10. The van der Waals surface area contributed by atoms with Gasteiger partial charge in [-0.05, 0) is 24.1 Å². The molecule has 0 unspecified atom stereocenters. The van der Waals surface area contributed by atoms with Crippen LogP contribution in [0, 0.1) is 5.92 Å². The number of aliphatic imine (C=N–C) groups is 1. The number of carbonyl (C=O) groups is 1. The van der Waals surface area contributed by atoms with Crippen LogP contribution in [0.4, 0.5) is 0 Å². The summed E-state index contributed by atoms with van der Waals surface area (Å²) in [6.45, 7) is 5.66. The number of nitrogens with zero attached hydrogens (tertiary/aromatic N) is 2. The molecular weight excluding hydrogens is 372 g/mol. The first kappa shape index (κ1) is 20.3. The van der Waals surface area contributed by atoms with Gasteiger partial charge < -0.3 is 20.3 Å². The van der Waals surface area contributed by atoms with Crippen LogP contribution in [-0.4, -0.2) is 51.1 Å². The van der Waals surface area contributed by atoms with Gasteiger partial charge in [0.2, 0.25) is 5.91 Å². The van der Waals surface area contributed by atoms with E-state index < -0.39 is 0 Å². The van der Waals surface area contributed by atoms with Crippen LogP contribution in [0.2, 0.25) is 0 Å². The molecule has 0 saturated heterocycles. The molecule has 1 amide bonds. The number of halogens is 1. The van der Waals surface area contributed by atoms with Crippen molar-refractivity contribution in [3.05, 3.63) is 28.2 Å². The van der Waals surface area contributed by atoms with E-state index in [2.05, 4.69) is 45.4 Å². The van der Waals surface area contributed by atoms with E-state index in [9.17, 15) is 4.79 Å². The minimum Gasteiger partial charge on any atom is -0.496 e. The van der Waals surface area contributed by atoms with Gasteiger partial charge in [-0.15, -0.1) is 0 Å². The molecule has 24 heavy (non-hydrogen) atoms. The molecule has 0 heterocycles. The molecule has 1 rings (SSSR count). The number of guanidine groups is 1. The van der Waals surface area contributed by atoms with Crippen molar-refractivity contribution in [2.75, 3.05) is 34.3 Å². The van der Waals surface area contributed by atoms with E-state index >= 15 is 0 Å². The van der Waals surface area contributed by atoms with Crippen molar-refractivity contribution in [3.63, 3.8) is 0 Å². The normalized spacial score (nSPS) is 11.4. The Bertz CT molecular complexity index is 574. The minimum atomic E-state index is -0.00548. The fraction of sp³-hybridized carbons (Fsp3) is 0.529. The zero-order valence-electron chi connectivity index (χ0n) is 15.0.